The van der Waals surface area contributed by atoms with E-state index in [-0.39, 0.29) is 6.10 Å². The quantitative estimate of drug-likeness (QED) is 0.469. The Labute approximate surface area is 176 Å². The topological polar surface area (TPSA) is 20.2 Å². The van der Waals surface area contributed by atoms with Crippen LogP contribution in [0.5, 0.6) is 0 Å². The smallest absolute Gasteiger partial charge is 0.0543 e. The first-order chi connectivity index (χ1) is 13.2. The number of aliphatic hydroxyl groups excluding tert-OH is 1. The third kappa shape index (κ3) is 4.35. The predicted molar refractivity (Wildman–Crippen MR) is 121 cm³/mol. The lowest BCUT2D eigenvalue weighted by Crippen LogP contribution is -2.46. The first-order valence-corrected chi connectivity index (χ1v) is 12.9. The fraction of sp³-hybridized carbons (Fsp3) is 1.00. The number of hydrogen-bond donors (Lipinski definition) is 1. The van der Waals surface area contributed by atoms with Crippen LogP contribution in [0, 0.1) is 46.3 Å². The molecular formula is C27H50O. The standard InChI is InChI=1S/C27H50O/c1-7-21-18-24(28)14-16-26(21,5)23-13-15-27(6)22(17-23)11-12-25(27)20(4)10-8-9-19(2)3/h19-25,28H,7-18H2,1-6H3/t20-,21?,22+,23+,24+,25-,26+,27+/m1/s1. The maximum Gasteiger partial charge on any atom is 0.0543 e. The van der Waals surface area contributed by atoms with Crippen LogP contribution in [0.4, 0.5) is 0 Å². The Balaban J connectivity index is 1.63. The zero-order chi connectivity index (χ0) is 20.5. The maximum absolute atomic E-state index is 10.2. The highest BCUT2D eigenvalue weighted by atomic mass is 16.3. The van der Waals surface area contributed by atoms with Gasteiger partial charge < -0.3 is 5.11 Å². The molecule has 164 valence electrons. The summed E-state index contributed by atoms with van der Waals surface area (Å²) >= 11 is 0. The van der Waals surface area contributed by atoms with Crippen LogP contribution in [-0.2, 0) is 0 Å². The first-order valence-electron chi connectivity index (χ1n) is 12.9. The molecule has 3 fully saturated rings. The second kappa shape index (κ2) is 8.99. The van der Waals surface area contributed by atoms with Gasteiger partial charge in [-0.3, -0.25) is 0 Å². The molecule has 0 spiro atoms. The third-order valence-corrected chi connectivity index (χ3v) is 10.3. The van der Waals surface area contributed by atoms with E-state index in [4.69, 9.17) is 0 Å². The van der Waals surface area contributed by atoms with E-state index in [1.165, 1.54) is 64.2 Å². The second-order valence-corrected chi connectivity index (χ2v) is 12.2. The van der Waals surface area contributed by atoms with Crippen molar-refractivity contribution in [2.75, 3.05) is 0 Å². The Hall–Kier alpha value is -0.0400. The summed E-state index contributed by atoms with van der Waals surface area (Å²) in [6.45, 7) is 14.9. The summed E-state index contributed by atoms with van der Waals surface area (Å²) in [5.74, 6) is 5.33. The lowest BCUT2D eigenvalue weighted by molar-refractivity contribution is -0.0632. The van der Waals surface area contributed by atoms with Gasteiger partial charge in [0.25, 0.3) is 0 Å². The summed E-state index contributed by atoms with van der Waals surface area (Å²) in [5.41, 5.74) is 1.09. The summed E-state index contributed by atoms with van der Waals surface area (Å²) in [7, 11) is 0. The van der Waals surface area contributed by atoms with E-state index in [1.54, 1.807) is 0 Å². The molecule has 0 aromatic heterocycles. The molecule has 3 aliphatic carbocycles. The molecule has 0 amide bonds. The lowest BCUT2D eigenvalue weighted by Gasteiger charge is -2.54. The van der Waals surface area contributed by atoms with Gasteiger partial charge in [-0.25, -0.2) is 0 Å². The van der Waals surface area contributed by atoms with Crippen LogP contribution in [0.1, 0.15) is 119 Å². The highest BCUT2D eigenvalue weighted by Gasteiger charge is 2.54. The van der Waals surface area contributed by atoms with Crippen molar-refractivity contribution < 1.29 is 5.11 Å². The molecule has 3 aliphatic rings. The predicted octanol–water partition coefficient (Wildman–Crippen LogP) is 7.86. The number of rotatable bonds is 7. The van der Waals surface area contributed by atoms with Gasteiger partial charge in [-0.15, -0.1) is 0 Å². The average Bonchev–Trinajstić information content (AvgIpc) is 2.99. The summed E-state index contributed by atoms with van der Waals surface area (Å²) < 4.78 is 0. The van der Waals surface area contributed by atoms with E-state index in [1.807, 2.05) is 0 Å². The molecule has 1 unspecified atom stereocenters. The number of hydrogen-bond acceptors (Lipinski definition) is 1. The van der Waals surface area contributed by atoms with Gasteiger partial charge >= 0.3 is 0 Å². The van der Waals surface area contributed by atoms with Gasteiger partial charge in [-0.1, -0.05) is 67.2 Å². The number of aliphatic hydroxyl groups is 1. The zero-order valence-electron chi connectivity index (χ0n) is 20.0. The molecule has 0 aliphatic heterocycles. The van der Waals surface area contributed by atoms with Crippen LogP contribution in [0.25, 0.3) is 0 Å². The van der Waals surface area contributed by atoms with Crippen molar-refractivity contribution in [2.45, 2.75) is 125 Å². The Kier molecular flexibility index (Phi) is 7.27. The van der Waals surface area contributed by atoms with Crippen molar-refractivity contribution in [3.63, 3.8) is 0 Å². The molecule has 0 bridgehead atoms. The van der Waals surface area contributed by atoms with Crippen LogP contribution < -0.4 is 0 Å². The minimum atomic E-state index is -0.0329. The van der Waals surface area contributed by atoms with E-state index < -0.39 is 0 Å². The highest BCUT2D eigenvalue weighted by Crippen LogP contribution is 2.63. The molecule has 0 aromatic rings. The Bertz CT molecular complexity index is 498. The van der Waals surface area contributed by atoms with Crippen LogP contribution in [0.15, 0.2) is 0 Å². The molecule has 1 nitrogen and oxygen atoms in total. The average molecular weight is 391 g/mol. The normalized spacial score (nSPS) is 45.2. The van der Waals surface area contributed by atoms with Crippen molar-refractivity contribution in [2.24, 2.45) is 46.3 Å². The monoisotopic (exact) mass is 390 g/mol. The SMILES string of the molecule is CCC1C[C@@H](O)CC[C@]1(C)[C@H]1CC[C@@]2(C)[C@@H](CC[C@@H]2[C@H](C)CCCC(C)C)C1. The van der Waals surface area contributed by atoms with Gasteiger partial charge in [0.15, 0.2) is 0 Å². The second-order valence-electron chi connectivity index (χ2n) is 12.2. The van der Waals surface area contributed by atoms with Gasteiger partial charge in [0.1, 0.15) is 0 Å². The van der Waals surface area contributed by atoms with Crippen molar-refractivity contribution in [1.29, 1.82) is 0 Å². The molecule has 0 radical (unpaired) electrons. The zero-order valence-corrected chi connectivity index (χ0v) is 20.0. The van der Waals surface area contributed by atoms with Crippen LogP contribution >= 0.6 is 0 Å². The molecule has 0 aromatic carbocycles. The molecule has 1 N–H and O–H groups in total. The lowest BCUT2D eigenvalue weighted by atomic mass is 9.51. The molecule has 3 saturated carbocycles. The molecular weight excluding hydrogens is 340 g/mol. The minimum absolute atomic E-state index is 0.0329. The largest absolute Gasteiger partial charge is 0.393 e. The first kappa shape index (κ1) is 22.6. The van der Waals surface area contributed by atoms with Crippen molar-refractivity contribution in [3.05, 3.63) is 0 Å². The summed E-state index contributed by atoms with van der Waals surface area (Å²) in [6, 6.07) is 0. The Morgan fingerprint density at radius 1 is 0.857 bits per heavy atom. The summed E-state index contributed by atoms with van der Waals surface area (Å²) in [4.78, 5) is 0. The number of fused-ring (bicyclic) bond motifs is 1. The molecule has 8 atom stereocenters. The molecule has 1 heteroatoms. The molecule has 0 heterocycles. The maximum atomic E-state index is 10.2. The van der Waals surface area contributed by atoms with E-state index in [0.717, 1.165) is 48.3 Å². The Morgan fingerprint density at radius 3 is 2.21 bits per heavy atom. The fourth-order valence-electron chi connectivity index (χ4n) is 8.22. The van der Waals surface area contributed by atoms with E-state index >= 15 is 0 Å². The van der Waals surface area contributed by atoms with Gasteiger partial charge in [0.05, 0.1) is 6.10 Å². The summed E-state index contributed by atoms with van der Waals surface area (Å²) in [5, 5.41) is 10.2. The van der Waals surface area contributed by atoms with E-state index in [0.29, 0.717) is 10.8 Å². The van der Waals surface area contributed by atoms with Crippen LogP contribution in [-0.4, -0.2) is 11.2 Å². The van der Waals surface area contributed by atoms with Crippen LogP contribution in [0.3, 0.4) is 0 Å². The molecule has 28 heavy (non-hydrogen) atoms. The van der Waals surface area contributed by atoms with Crippen molar-refractivity contribution in [3.8, 4) is 0 Å². The summed E-state index contributed by atoms with van der Waals surface area (Å²) in [6.07, 6.45) is 16.2. The fourth-order valence-corrected chi connectivity index (χ4v) is 8.22. The third-order valence-electron chi connectivity index (χ3n) is 10.3. The van der Waals surface area contributed by atoms with Gasteiger partial charge in [-0.05, 0) is 97.7 Å². The van der Waals surface area contributed by atoms with Crippen molar-refractivity contribution >= 4 is 0 Å². The van der Waals surface area contributed by atoms with E-state index in [9.17, 15) is 5.11 Å². The molecule has 3 rings (SSSR count). The van der Waals surface area contributed by atoms with Crippen molar-refractivity contribution in [1.82, 2.24) is 0 Å². The minimum Gasteiger partial charge on any atom is -0.393 e. The van der Waals surface area contributed by atoms with Crippen LogP contribution in [0.2, 0.25) is 0 Å². The van der Waals surface area contributed by atoms with E-state index in [2.05, 4.69) is 41.5 Å². The molecule has 0 saturated heterocycles. The van der Waals surface area contributed by atoms with Gasteiger partial charge in [0.2, 0.25) is 0 Å². The Morgan fingerprint density at radius 2 is 1.54 bits per heavy atom. The highest BCUT2D eigenvalue weighted by molar-refractivity contribution is 5.04. The van der Waals surface area contributed by atoms with Gasteiger partial charge in [0, 0.05) is 0 Å². The van der Waals surface area contributed by atoms with Gasteiger partial charge in [-0.2, -0.15) is 0 Å².